The minimum absolute atomic E-state index is 0.00852. The van der Waals surface area contributed by atoms with Gasteiger partial charge in [0, 0.05) is 12.2 Å². The summed E-state index contributed by atoms with van der Waals surface area (Å²) in [4.78, 5) is 12.3. The molecule has 1 aromatic heterocycles. The van der Waals surface area contributed by atoms with Gasteiger partial charge in [-0.15, -0.1) is 10.2 Å². The molecule has 1 aromatic carbocycles. The summed E-state index contributed by atoms with van der Waals surface area (Å²) in [6.07, 6.45) is 1.80. The first kappa shape index (κ1) is 17.7. The molecule has 2 aromatic rings. The molecule has 0 fully saturated rings. The SMILES string of the molecule is CCNc1nnc(SCC(=O)Nc2c(CC)cccc2CC)s1. The lowest BCUT2D eigenvalue weighted by Gasteiger charge is -2.14. The maximum Gasteiger partial charge on any atom is 0.234 e. The molecule has 124 valence electrons. The Kier molecular flexibility index (Phi) is 6.85. The summed E-state index contributed by atoms with van der Waals surface area (Å²) in [6.45, 7) is 7.02. The van der Waals surface area contributed by atoms with Crippen LogP contribution in [0.5, 0.6) is 0 Å². The first-order valence-corrected chi connectivity index (χ1v) is 9.58. The number of anilines is 2. The Bertz CT molecular complexity index is 635. The van der Waals surface area contributed by atoms with Crippen LogP contribution in [0.3, 0.4) is 0 Å². The highest BCUT2D eigenvalue weighted by Gasteiger charge is 2.12. The number of hydrogen-bond acceptors (Lipinski definition) is 6. The number of nitrogens with one attached hydrogen (secondary N) is 2. The molecule has 0 spiro atoms. The number of aryl methyl sites for hydroxylation is 2. The van der Waals surface area contributed by atoms with E-state index in [2.05, 4.69) is 46.8 Å². The number of benzene rings is 1. The predicted molar refractivity (Wildman–Crippen MR) is 98.6 cm³/mol. The fourth-order valence-electron chi connectivity index (χ4n) is 2.20. The van der Waals surface area contributed by atoms with Crippen molar-refractivity contribution >= 4 is 39.8 Å². The van der Waals surface area contributed by atoms with E-state index in [9.17, 15) is 4.79 Å². The van der Waals surface area contributed by atoms with Crippen molar-refractivity contribution in [2.45, 2.75) is 38.0 Å². The van der Waals surface area contributed by atoms with E-state index in [0.29, 0.717) is 5.75 Å². The second kappa shape index (κ2) is 8.88. The topological polar surface area (TPSA) is 66.9 Å². The zero-order chi connectivity index (χ0) is 16.7. The lowest BCUT2D eigenvalue weighted by molar-refractivity contribution is -0.113. The van der Waals surface area contributed by atoms with Gasteiger partial charge in [-0.3, -0.25) is 4.79 Å². The van der Waals surface area contributed by atoms with Crippen molar-refractivity contribution in [2.75, 3.05) is 22.9 Å². The molecule has 7 heteroatoms. The highest BCUT2D eigenvalue weighted by molar-refractivity contribution is 8.01. The lowest BCUT2D eigenvalue weighted by atomic mass is 10.0. The van der Waals surface area contributed by atoms with E-state index >= 15 is 0 Å². The predicted octanol–water partition coefficient (Wildman–Crippen LogP) is 3.83. The van der Waals surface area contributed by atoms with Gasteiger partial charge in [-0.05, 0) is 30.9 Å². The molecule has 23 heavy (non-hydrogen) atoms. The Hall–Kier alpha value is -1.60. The second-order valence-electron chi connectivity index (χ2n) is 4.90. The van der Waals surface area contributed by atoms with Crippen LogP contribution in [0.25, 0.3) is 0 Å². The van der Waals surface area contributed by atoms with E-state index in [-0.39, 0.29) is 5.91 Å². The molecule has 0 radical (unpaired) electrons. The van der Waals surface area contributed by atoms with Gasteiger partial charge in [0.25, 0.3) is 0 Å². The van der Waals surface area contributed by atoms with Gasteiger partial charge in [-0.2, -0.15) is 0 Å². The number of carbonyl (C=O) groups excluding carboxylic acids is 1. The van der Waals surface area contributed by atoms with Gasteiger partial charge >= 0.3 is 0 Å². The molecule has 2 rings (SSSR count). The average Bonchev–Trinajstić information content (AvgIpc) is 3.01. The van der Waals surface area contributed by atoms with Crippen LogP contribution in [0.15, 0.2) is 22.5 Å². The summed E-state index contributed by atoms with van der Waals surface area (Å²) in [6, 6.07) is 6.18. The zero-order valence-corrected chi connectivity index (χ0v) is 15.3. The van der Waals surface area contributed by atoms with Crippen molar-refractivity contribution in [2.24, 2.45) is 0 Å². The summed E-state index contributed by atoms with van der Waals surface area (Å²) in [5, 5.41) is 15.1. The van der Waals surface area contributed by atoms with Gasteiger partial charge in [-0.25, -0.2) is 0 Å². The largest absolute Gasteiger partial charge is 0.360 e. The van der Waals surface area contributed by atoms with E-state index in [4.69, 9.17) is 0 Å². The van der Waals surface area contributed by atoms with Gasteiger partial charge in [0.15, 0.2) is 4.34 Å². The standard InChI is InChI=1S/C16H22N4OS2/c1-4-11-8-7-9-12(5-2)14(11)18-13(21)10-22-16-20-19-15(23-16)17-6-3/h7-9H,4-6,10H2,1-3H3,(H,17,19)(H,18,21). The molecule has 0 aliphatic carbocycles. The number of rotatable bonds is 8. The van der Waals surface area contributed by atoms with Gasteiger partial charge in [0.1, 0.15) is 0 Å². The van der Waals surface area contributed by atoms with E-state index < -0.39 is 0 Å². The van der Waals surface area contributed by atoms with Crippen molar-refractivity contribution in [3.05, 3.63) is 29.3 Å². The fourth-order valence-corrected chi connectivity index (χ4v) is 3.82. The Morgan fingerprint density at radius 2 is 1.87 bits per heavy atom. The van der Waals surface area contributed by atoms with E-state index in [1.165, 1.54) is 34.2 Å². The van der Waals surface area contributed by atoms with Crippen LogP contribution in [0.2, 0.25) is 0 Å². The Morgan fingerprint density at radius 3 is 2.48 bits per heavy atom. The van der Waals surface area contributed by atoms with Crippen LogP contribution in [0.1, 0.15) is 31.9 Å². The van der Waals surface area contributed by atoms with Crippen LogP contribution in [0.4, 0.5) is 10.8 Å². The molecule has 0 aliphatic heterocycles. The maximum absolute atomic E-state index is 12.3. The van der Waals surface area contributed by atoms with E-state index in [1.54, 1.807) is 0 Å². The number of amides is 1. The van der Waals surface area contributed by atoms with Crippen LogP contribution in [-0.2, 0) is 17.6 Å². The molecule has 0 saturated carbocycles. The van der Waals surface area contributed by atoms with Crippen molar-refractivity contribution in [3.63, 3.8) is 0 Å². The quantitative estimate of drug-likeness (QED) is 0.708. The molecule has 0 atom stereocenters. The smallest absolute Gasteiger partial charge is 0.234 e. The van der Waals surface area contributed by atoms with Gasteiger partial charge in [-0.1, -0.05) is 55.1 Å². The summed E-state index contributed by atoms with van der Waals surface area (Å²) in [7, 11) is 0. The molecule has 0 unspecified atom stereocenters. The first-order chi connectivity index (χ1) is 11.2. The van der Waals surface area contributed by atoms with Crippen LogP contribution in [-0.4, -0.2) is 28.4 Å². The summed E-state index contributed by atoms with van der Waals surface area (Å²) < 4.78 is 0.801. The number of hydrogen-bond donors (Lipinski definition) is 2. The number of nitrogens with zero attached hydrogens (tertiary/aromatic N) is 2. The molecule has 5 nitrogen and oxygen atoms in total. The van der Waals surface area contributed by atoms with Crippen molar-refractivity contribution in [3.8, 4) is 0 Å². The molecular formula is C16H22N4OS2. The van der Waals surface area contributed by atoms with Gasteiger partial charge in [0.05, 0.1) is 5.75 Å². The van der Waals surface area contributed by atoms with Gasteiger partial charge < -0.3 is 10.6 Å². The summed E-state index contributed by atoms with van der Waals surface area (Å²) in [5.74, 6) is 0.327. The van der Waals surface area contributed by atoms with Crippen molar-refractivity contribution < 1.29 is 4.79 Å². The number of para-hydroxylation sites is 1. The van der Waals surface area contributed by atoms with Crippen LogP contribution < -0.4 is 10.6 Å². The molecule has 0 bridgehead atoms. The molecule has 2 N–H and O–H groups in total. The molecule has 0 saturated heterocycles. The minimum Gasteiger partial charge on any atom is -0.360 e. The number of aromatic nitrogens is 2. The molecule has 0 aliphatic rings. The summed E-state index contributed by atoms with van der Waals surface area (Å²) >= 11 is 2.88. The van der Waals surface area contributed by atoms with Crippen molar-refractivity contribution in [1.82, 2.24) is 10.2 Å². The van der Waals surface area contributed by atoms with Crippen LogP contribution in [0, 0.1) is 0 Å². The fraction of sp³-hybridized carbons (Fsp3) is 0.438. The van der Waals surface area contributed by atoms with Crippen molar-refractivity contribution in [1.29, 1.82) is 0 Å². The Labute approximate surface area is 145 Å². The Balaban J connectivity index is 1.96. The van der Waals surface area contributed by atoms with E-state index in [0.717, 1.165) is 34.5 Å². The average molecular weight is 351 g/mol. The third-order valence-electron chi connectivity index (χ3n) is 3.32. The normalized spacial score (nSPS) is 10.6. The van der Waals surface area contributed by atoms with E-state index in [1.807, 2.05) is 13.0 Å². The minimum atomic E-state index is -0.00852. The number of carbonyl (C=O) groups is 1. The molecule has 1 heterocycles. The third-order valence-corrected chi connectivity index (χ3v) is 5.34. The van der Waals surface area contributed by atoms with Gasteiger partial charge in [0.2, 0.25) is 11.0 Å². The highest BCUT2D eigenvalue weighted by atomic mass is 32.2. The Morgan fingerprint density at radius 1 is 1.17 bits per heavy atom. The highest BCUT2D eigenvalue weighted by Crippen LogP contribution is 2.26. The zero-order valence-electron chi connectivity index (χ0n) is 13.7. The summed E-state index contributed by atoms with van der Waals surface area (Å²) in [5.41, 5.74) is 3.31. The third kappa shape index (κ3) is 4.94. The lowest BCUT2D eigenvalue weighted by Crippen LogP contribution is -2.16. The maximum atomic E-state index is 12.3. The molecular weight excluding hydrogens is 328 g/mol. The molecule has 1 amide bonds. The monoisotopic (exact) mass is 350 g/mol. The number of thioether (sulfide) groups is 1. The first-order valence-electron chi connectivity index (χ1n) is 7.78. The second-order valence-corrected chi connectivity index (χ2v) is 7.10. The van der Waals surface area contributed by atoms with Crippen LogP contribution >= 0.6 is 23.1 Å².